The van der Waals surface area contributed by atoms with Crippen molar-refractivity contribution in [2.75, 3.05) is 13.1 Å². The summed E-state index contributed by atoms with van der Waals surface area (Å²) in [6, 6.07) is 1.30. The summed E-state index contributed by atoms with van der Waals surface area (Å²) in [4.78, 5) is 36.9. The largest absolute Gasteiger partial charge is 0.478 e. The van der Waals surface area contributed by atoms with Crippen molar-refractivity contribution in [3.8, 4) is 0 Å². The zero-order valence-corrected chi connectivity index (χ0v) is 13.0. The number of rotatable bonds is 6. The quantitative estimate of drug-likeness (QED) is 0.860. The standard InChI is InChI=1S/C15H22N2O4/c1-5-16(6-2)12(18)7-8-17-11(4)14(15(20)21)10(3)9-13(17)19/h9H,5-8H2,1-4H3,(H,20,21). The number of hydrogen-bond acceptors (Lipinski definition) is 3. The van der Waals surface area contributed by atoms with Crippen molar-refractivity contribution in [3.05, 3.63) is 33.2 Å². The van der Waals surface area contributed by atoms with Gasteiger partial charge in [0.05, 0.1) is 5.56 Å². The van der Waals surface area contributed by atoms with E-state index in [4.69, 9.17) is 0 Å². The molecule has 0 atom stereocenters. The molecule has 6 heteroatoms. The minimum atomic E-state index is -1.06. The van der Waals surface area contributed by atoms with Crippen LogP contribution in [-0.2, 0) is 11.3 Å². The molecule has 0 aliphatic carbocycles. The van der Waals surface area contributed by atoms with E-state index in [-0.39, 0.29) is 30.0 Å². The van der Waals surface area contributed by atoms with Crippen LogP contribution in [0.1, 0.15) is 41.9 Å². The minimum absolute atomic E-state index is 0.0382. The van der Waals surface area contributed by atoms with Crippen LogP contribution in [0.15, 0.2) is 10.9 Å². The third-order valence-electron chi connectivity index (χ3n) is 3.65. The van der Waals surface area contributed by atoms with Gasteiger partial charge in [-0.05, 0) is 33.3 Å². The summed E-state index contributed by atoms with van der Waals surface area (Å²) < 4.78 is 1.36. The van der Waals surface area contributed by atoms with Gasteiger partial charge in [-0.15, -0.1) is 0 Å². The maximum atomic E-state index is 12.0. The molecule has 21 heavy (non-hydrogen) atoms. The summed E-state index contributed by atoms with van der Waals surface area (Å²) in [6.45, 7) is 8.43. The molecule has 1 aromatic heterocycles. The Hall–Kier alpha value is -2.11. The summed E-state index contributed by atoms with van der Waals surface area (Å²) in [6.07, 6.45) is 0.185. The topological polar surface area (TPSA) is 79.6 Å². The molecule has 0 aliphatic rings. The van der Waals surface area contributed by atoms with E-state index in [0.29, 0.717) is 24.3 Å². The van der Waals surface area contributed by atoms with E-state index in [1.807, 2.05) is 13.8 Å². The Morgan fingerprint density at radius 3 is 2.29 bits per heavy atom. The van der Waals surface area contributed by atoms with Gasteiger partial charge in [0.2, 0.25) is 5.91 Å². The van der Waals surface area contributed by atoms with Crippen LogP contribution in [-0.4, -0.2) is 39.5 Å². The fraction of sp³-hybridized carbons (Fsp3) is 0.533. The zero-order chi connectivity index (χ0) is 16.2. The van der Waals surface area contributed by atoms with Crippen LogP contribution in [0.3, 0.4) is 0 Å². The highest BCUT2D eigenvalue weighted by Crippen LogP contribution is 2.11. The first-order chi connectivity index (χ1) is 9.83. The van der Waals surface area contributed by atoms with Crippen LogP contribution in [0, 0.1) is 13.8 Å². The van der Waals surface area contributed by atoms with E-state index < -0.39 is 5.97 Å². The van der Waals surface area contributed by atoms with Crippen LogP contribution in [0.5, 0.6) is 0 Å². The number of amides is 1. The molecule has 0 fully saturated rings. The Labute approximate surface area is 124 Å². The first-order valence-corrected chi connectivity index (χ1v) is 7.05. The Morgan fingerprint density at radius 2 is 1.81 bits per heavy atom. The van der Waals surface area contributed by atoms with Gasteiger partial charge in [0.1, 0.15) is 0 Å². The summed E-state index contributed by atoms with van der Waals surface area (Å²) in [5, 5.41) is 9.21. The molecule has 0 saturated heterocycles. The maximum absolute atomic E-state index is 12.0. The van der Waals surface area contributed by atoms with Gasteiger partial charge < -0.3 is 14.6 Å². The third-order valence-corrected chi connectivity index (χ3v) is 3.65. The molecular weight excluding hydrogens is 272 g/mol. The average molecular weight is 294 g/mol. The maximum Gasteiger partial charge on any atom is 0.337 e. The second-order valence-electron chi connectivity index (χ2n) is 4.90. The van der Waals surface area contributed by atoms with E-state index in [0.717, 1.165) is 0 Å². The van der Waals surface area contributed by atoms with Crippen molar-refractivity contribution in [2.24, 2.45) is 0 Å². The molecule has 6 nitrogen and oxygen atoms in total. The highest BCUT2D eigenvalue weighted by molar-refractivity contribution is 5.90. The molecule has 0 unspecified atom stereocenters. The molecule has 0 aliphatic heterocycles. The zero-order valence-electron chi connectivity index (χ0n) is 13.0. The van der Waals surface area contributed by atoms with Crippen molar-refractivity contribution in [2.45, 2.75) is 40.7 Å². The number of aromatic nitrogens is 1. The number of pyridine rings is 1. The number of aromatic carboxylic acids is 1. The lowest BCUT2D eigenvalue weighted by atomic mass is 10.1. The van der Waals surface area contributed by atoms with E-state index in [1.54, 1.807) is 18.7 Å². The molecule has 0 saturated carbocycles. The number of aryl methyl sites for hydroxylation is 1. The van der Waals surface area contributed by atoms with Crippen LogP contribution in [0.25, 0.3) is 0 Å². The summed E-state index contributed by atoms with van der Waals surface area (Å²) >= 11 is 0. The van der Waals surface area contributed by atoms with E-state index >= 15 is 0 Å². The molecule has 0 radical (unpaired) electrons. The number of carboxylic acids is 1. The first-order valence-electron chi connectivity index (χ1n) is 7.05. The second kappa shape index (κ2) is 7.06. The molecule has 1 N–H and O–H groups in total. The van der Waals surface area contributed by atoms with Crippen molar-refractivity contribution in [1.29, 1.82) is 0 Å². The van der Waals surface area contributed by atoms with Gasteiger partial charge in [-0.25, -0.2) is 4.79 Å². The molecule has 1 aromatic rings. The fourth-order valence-corrected chi connectivity index (χ4v) is 2.46. The third kappa shape index (κ3) is 3.71. The van der Waals surface area contributed by atoms with Crippen molar-refractivity contribution in [3.63, 3.8) is 0 Å². The molecule has 1 rings (SSSR count). The molecule has 0 bridgehead atoms. The summed E-state index contributed by atoms with van der Waals surface area (Å²) in [5.41, 5.74) is 0.684. The predicted molar refractivity (Wildman–Crippen MR) is 79.7 cm³/mol. The molecule has 0 spiro atoms. The van der Waals surface area contributed by atoms with E-state index in [9.17, 15) is 19.5 Å². The van der Waals surface area contributed by atoms with Crippen LogP contribution in [0.2, 0.25) is 0 Å². The molecule has 0 aromatic carbocycles. The van der Waals surface area contributed by atoms with Gasteiger partial charge in [-0.3, -0.25) is 9.59 Å². The number of hydrogen-bond donors (Lipinski definition) is 1. The molecular formula is C15H22N2O4. The Kier molecular flexibility index (Phi) is 5.69. The van der Waals surface area contributed by atoms with Crippen molar-refractivity contribution in [1.82, 2.24) is 9.47 Å². The normalized spacial score (nSPS) is 10.5. The number of carboxylic acid groups (broad SMARTS) is 1. The number of carbonyl (C=O) groups excluding carboxylic acids is 1. The van der Waals surface area contributed by atoms with Gasteiger partial charge in [0, 0.05) is 37.8 Å². The monoisotopic (exact) mass is 294 g/mol. The van der Waals surface area contributed by atoms with Gasteiger partial charge in [0.25, 0.3) is 5.56 Å². The lowest BCUT2D eigenvalue weighted by molar-refractivity contribution is -0.131. The molecule has 1 amide bonds. The van der Waals surface area contributed by atoms with E-state index in [2.05, 4.69) is 0 Å². The van der Waals surface area contributed by atoms with Gasteiger partial charge in [-0.2, -0.15) is 0 Å². The number of nitrogens with zero attached hydrogens (tertiary/aromatic N) is 2. The highest BCUT2D eigenvalue weighted by atomic mass is 16.4. The Bertz CT molecular complexity index is 600. The SMILES string of the molecule is CCN(CC)C(=O)CCn1c(C)c(C(=O)O)c(C)cc1=O. The minimum Gasteiger partial charge on any atom is -0.478 e. The average Bonchev–Trinajstić information content (AvgIpc) is 2.38. The second-order valence-corrected chi connectivity index (χ2v) is 4.90. The van der Waals surface area contributed by atoms with Crippen LogP contribution < -0.4 is 5.56 Å². The van der Waals surface area contributed by atoms with Gasteiger partial charge in [0.15, 0.2) is 0 Å². The summed E-state index contributed by atoms with van der Waals surface area (Å²) in [7, 11) is 0. The van der Waals surface area contributed by atoms with Crippen LogP contribution >= 0.6 is 0 Å². The van der Waals surface area contributed by atoms with Gasteiger partial charge >= 0.3 is 5.97 Å². The predicted octanol–water partition coefficient (Wildman–Crippen LogP) is 1.42. The lowest BCUT2D eigenvalue weighted by Gasteiger charge is -2.19. The van der Waals surface area contributed by atoms with Crippen LogP contribution in [0.4, 0.5) is 0 Å². The Balaban J connectivity index is 3.05. The lowest BCUT2D eigenvalue weighted by Crippen LogP contribution is -2.33. The van der Waals surface area contributed by atoms with Gasteiger partial charge in [-0.1, -0.05) is 0 Å². The summed E-state index contributed by atoms with van der Waals surface area (Å²) in [5.74, 6) is -1.10. The molecule has 1 heterocycles. The Morgan fingerprint density at radius 1 is 1.24 bits per heavy atom. The fourth-order valence-electron chi connectivity index (χ4n) is 2.46. The number of carbonyl (C=O) groups is 2. The molecule has 116 valence electrons. The van der Waals surface area contributed by atoms with Crippen molar-refractivity contribution < 1.29 is 14.7 Å². The highest BCUT2D eigenvalue weighted by Gasteiger charge is 2.17. The van der Waals surface area contributed by atoms with Crippen molar-refractivity contribution >= 4 is 11.9 Å². The first kappa shape index (κ1) is 16.9. The smallest absolute Gasteiger partial charge is 0.337 e. The van der Waals surface area contributed by atoms with E-state index in [1.165, 1.54) is 10.6 Å².